The number of anilines is 9. The van der Waals surface area contributed by atoms with Crippen molar-refractivity contribution in [2.75, 3.05) is 14.7 Å². The summed E-state index contributed by atoms with van der Waals surface area (Å²) in [5.41, 5.74) is 30.6. The van der Waals surface area contributed by atoms with Gasteiger partial charge < -0.3 is 19.3 Å². The molecule has 0 radical (unpaired) electrons. The van der Waals surface area contributed by atoms with Crippen LogP contribution in [0, 0.1) is 0 Å². The zero-order chi connectivity index (χ0) is 62.8. The first-order valence-electron chi connectivity index (χ1n) is 32.4. The molecule has 0 saturated heterocycles. The van der Waals surface area contributed by atoms with E-state index in [0.717, 1.165) is 22.7 Å². The van der Waals surface area contributed by atoms with E-state index >= 15 is 0 Å². The fourth-order valence-corrected chi connectivity index (χ4v) is 14.2. The Morgan fingerprint density at radius 1 is 0.303 bits per heavy atom. The Labute approximate surface area is 531 Å². The highest BCUT2D eigenvalue weighted by atomic mass is 15.2. The van der Waals surface area contributed by atoms with E-state index in [1.54, 1.807) is 0 Å². The summed E-state index contributed by atoms with van der Waals surface area (Å²) in [5, 5.41) is 2.62. The van der Waals surface area contributed by atoms with Crippen LogP contribution in [-0.2, 0) is 32.5 Å². The van der Waals surface area contributed by atoms with Crippen LogP contribution in [0.25, 0.3) is 49.7 Å². The highest BCUT2D eigenvalue weighted by molar-refractivity contribution is 7.00. The quantitative estimate of drug-likeness (QED) is 0.154. The molecule has 0 amide bonds. The molecule has 11 aromatic rings. The van der Waals surface area contributed by atoms with Gasteiger partial charge in [0.25, 0.3) is 6.71 Å². The first kappa shape index (κ1) is 58.2. The molecule has 4 nitrogen and oxygen atoms in total. The van der Waals surface area contributed by atoms with Gasteiger partial charge in [0.2, 0.25) is 0 Å². The third-order valence-corrected chi connectivity index (χ3v) is 19.6. The van der Waals surface area contributed by atoms with Crippen LogP contribution >= 0.6 is 0 Å². The van der Waals surface area contributed by atoms with E-state index in [1.807, 2.05) is 0 Å². The molecule has 1 aromatic heterocycles. The van der Waals surface area contributed by atoms with Crippen molar-refractivity contribution < 1.29 is 0 Å². The summed E-state index contributed by atoms with van der Waals surface area (Å²) in [6, 6.07) is 77.9. The molecule has 0 atom stereocenters. The molecule has 0 spiro atoms. The van der Waals surface area contributed by atoms with E-state index < -0.39 is 0 Å². The summed E-state index contributed by atoms with van der Waals surface area (Å²) in [6.45, 7) is 42.2. The molecule has 89 heavy (non-hydrogen) atoms. The number of hydrogen-bond acceptors (Lipinski definition) is 3. The molecule has 10 aromatic carbocycles. The minimum absolute atomic E-state index is 0.00954. The number of benzene rings is 10. The molecular formula is C84H87BN4. The van der Waals surface area contributed by atoms with Crippen LogP contribution in [0.1, 0.15) is 158 Å². The minimum Gasteiger partial charge on any atom is -0.311 e. The zero-order valence-electron chi connectivity index (χ0n) is 55.9. The predicted molar refractivity (Wildman–Crippen MR) is 386 cm³/mol. The number of hydrogen-bond donors (Lipinski definition) is 0. The van der Waals surface area contributed by atoms with E-state index in [-0.39, 0.29) is 39.2 Å². The number of nitrogens with zero attached hydrogens (tertiary/aromatic N) is 4. The highest BCUT2D eigenvalue weighted by Gasteiger charge is 2.48. The van der Waals surface area contributed by atoms with Gasteiger partial charge in [0, 0.05) is 50.6 Å². The second kappa shape index (κ2) is 20.0. The van der Waals surface area contributed by atoms with Crippen LogP contribution in [0.5, 0.6) is 0 Å². The Morgan fingerprint density at radius 3 is 1.26 bits per heavy atom. The average molecular weight is 1160 g/mol. The van der Waals surface area contributed by atoms with Crippen LogP contribution < -0.4 is 31.1 Å². The van der Waals surface area contributed by atoms with Gasteiger partial charge in [-0.3, -0.25) is 0 Å². The van der Waals surface area contributed by atoms with Crippen molar-refractivity contribution in [2.24, 2.45) is 0 Å². The lowest BCUT2D eigenvalue weighted by Gasteiger charge is -2.47. The fraction of sp³-hybridized carbons (Fsp3) is 0.286. The van der Waals surface area contributed by atoms with Crippen molar-refractivity contribution in [3.63, 3.8) is 0 Å². The monoisotopic (exact) mass is 1160 g/mol. The van der Waals surface area contributed by atoms with Gasteiger partial charge in [0.1, 0.15) is 0 Å². The van der Waals surface area contributed by atoms with Crippen LogP contribution in [0.3, 0.4) is 0 Å². The minimum atomic E-state index is -0.199. The van der Waals surface area contributed by atoms with E-state index in [1.165, 1.54) is 128 Å². The summed E-state index contributed by atoms with van der Waals surface area (Å²) >= 11 is 0. The topological polar surface area (TPSA) is 14.7 Å². The lowest BCUT2D eigenvalue weighted by molar-refractivity contribution is 0.589. The fourth-order valence-electron chi connectivity index (χ4n) is 14.2. The first-order valence-corrected chi connectivity index (χ1v) is 32.4. The van der Waals surface area contributed by atoms with Crippen molar-refractivity contribution in [2.45, 2.75) is 157 Å². The number of fused-ring (bicyclic) bond motifs is 9. The molecule has 0 aliphatic carbocycles. The van der Waals surface area contributed by atoms with Crippen LogP contribution in [0.4, 0.5) is 51.2 Å². The maximum absolute atomic E-state index is 2.73. The van der Waals surface area contributed by atoms with Crippen LogP contribution in [0.15, 0.2) is 200 Å². The molecule has 4 heterocycles. The summed E-state index contributed by atoms with van der Waals surface area (Å²) in [5.74, 6) is 0. The van der Waals surface area contributed by atoms with Crippen LogP contribution in [0.2, 0.25) is 0 Å². The van der Waals surface area contributed by atoms with Gasteiger partial charge in [-0.15, -0.1) is 0 Å². The Bertz CT molecular complexity index is 4560. The van der Waals surface area contributed by atoms with Crippen molar-refractivity contribution in [1.82, 2.24) is 4.57 Å². The lowest BCUT2D eigenvalue weighted by atomic mass is 9.33. The molecule has 0 N–H and O–H groups in total. The van der Waals surface area contributed by atoms with E-state index in [0.29, 0.717) is 0 Å². The molecule has 14 rings (SSSR count). The zero-order valence-corrected chi connectivity index (χ0v) is 55.9. The maximum Gasteiger partial charge on any atom is 0.252 e. The van der Waals surface area contributed by atoms with Gasteiger partial charge in [0.15, 0.2) is 0 Å². The Kier molecular flexibility index (Phi) is 13.1. The Balaban J connectivity index is 1.07. The average Bonchev–Trinajstić information content (AvgIpc) is 1.67. The molecule has 446 valence electrons. The molecular weight excluding hydrogens is 1080 g/mol. The second-order valence-corrected chi connectivity index (χ2v) is 32.1. The van der Waals surface area contributed by atoms with E-state index in [2.05, 4.69) is 344 Å². The first-order chi connectivity index (χ1) is 41.9. The lowest BCUT2D eigenvalue weighted by Crippen LogP contribution is -2.62. The summed E-state index contributed by atoms with van der Waals surface area (Å²) < 4.78 is 2.66. The molecule has 5 heteroatoms. The molecule has 0 fully saturated rings. The molecule has 3 aliphatic heterocycles. The highest BCUT2D eigenvalue weighted by Crippen LogP contribution is 2.56. The Morgan fingerprint density at radius 2 is 0.730 bits per heavy atom. The van der Waals surface area contributed by atoms with E-state index in [9.17, 15) is 0 Å². The largest absolute Gasteiger partial charge is 0.311 e. The second-order valence-electron chi connectivity index (χ2n) is 32.1. The number of rotatable bonds is 6. The smallest absolute Gasteiger partial charge is 0.252 e. The van der Waals surface area contributed by atoms with Gasteiger partial charge in [0.05, 0.1) is 28.1 Å². The molecule has 0 unspecified atom stereocenters. The van der Waals surface area contributed by atoms with Crippen molar-refractivity contribution in [3.05, 3.63) is 234 Å². The van der Waals surface area contributed by atoms with Crippen molar-refractivity contribution in [3.8, 4) is 27.9 Å². The number of aromatic nitrogens is 1. The normalized spacial score (nSPS) is 13.9. The molecule has 0 saturated carbocycles. The van der Waals surface area contributed by atoms with Gasteiger partial charge in [-0.05, 0) is 196 Å². The van der Waals surface area contributed by atoms with Crippen molar-refractivity contribution >= 4 is 96.1 Å². The predicted octanol–water partition coefficient (Wildman–Crippen LogP) is 21.8. The molecule has 0 bridgehead atoms. The SMILES string of the molecule is CC(C)(C)c1ccc(N(c2ccc(C(C)(C)C)cc2)c2ccc3c(c2)N(c2ccc(-c4ccc(-c5ccccc5)cc4)cc2)c2cc(C(C)(C)C)cc4c2B3c2cc(C(C)(C)C)cc3c2N4c2cc(C(C)(C)C)cc4c5cc(C(C)(C)C)ccc5n-3c24)cc1. The van der Waals surface area contributed by atoms with E-state index in [4.69, 9.17) is 0 Å². The van der Waals surface area contributed by atoms with Gasteiger partial charge in [-0.1, -0.05) is 234 Å². The summed E-state index contributed by atoms with van der Waals surface area (Å²) in [6.07, 6.45) is 0. The maximum atomic E-state index is 2.73. The van der Waals surface area contributed by atoms with Gasteiger partial charge >= 0.3 is 0 Å². The Hall–Kier alpha value is -8.54. The van der Waals surface area contributed by atoms with Gasteiger partial charge in [-0.2, -0.15) is 0 Å². The summed E-state index contributed by atoms with van der Waals surface area (Å²) in [7, 11) is 0. The van der Waals surface area contributed by atoms with Crippen molar-refractivity contribution in [1.29, 1.82) is 0 Å². The summed E-state index contributed by atoms with van der Waals surface area (Å²) in [4.78, 5) is 7.84. The van der Waals surface area contributed by atoms with Crippen LogP contribution in [-0.4, -0.2) is 11.3 Å². The molecule has 3 aliphatic rings. The standard InChI is InChI=1S/C84H87BN4/c1-79(2,3)56-30-37-62(38-31-56)86(63-39-32-57(33-40-63)80(4,5)6)65-41-42-68-71(51-65)87(64-35-28-55(29-36-64)54-26-24-53(25-27-54)52-22-20-19-21-23-52)72-47-61(84(16,17)18)48-73-76(72)85(68)69-46-60(83(13,14)15)50-75-78(69)89(73)74-49-59(82(10,11)12)45-67-66-44-58(81(7,8)9)34-43-70(66)88(75)77(67)74/h19-51H,1-18H3. The third kappa shape index (κ3) is 9.72. The third-order valence-electron chi connectivity index (χ3n) is 19.6. The van der Waals surface area contributed by atoms with Gasteiger partial charge in [-0.25, -0.2) is 0 Å².